The first kappa shape index (κ1) is 28.2. The summed E-state index contributed by atoms with van der Waals surface area (Å²) in [5, 5.41) is 22.5. The molecule has 39 heavy (non-hydrogen) atoms. The van der Waals surface area contributed by atoms with Gasteiger partial charge >= 0.3 is 0 Å². The molecule has 1 amide bonds. The molecule has 0 bridgehead atoms. The van der Waals surface area contributed by atoms with Crippen LogP contribution in [-0.2, 0) is 11.4 Å². The van der Waals surface area contributed by atoms with Crippen LogP contribution in [-0.4, -0.2) is 70.2 Å². The fraction of sp³-hybridized carbons (Fsp3) is 0.312. The number of carbonyl (C=O) groups excluding carboxylic acids is 1. The molecule has 1 aromatic heterocycles. The van der Waals surface area contributed by atoms with Crippen molar-refractivity contribution in [3.05, 3.63) is 113 Å². The lowest BCUT2D eigenvalue weighted by Crippen LogP contribution is -2.48. The Bertz CT molecular complexity index is 1210. The second-order valence-electron chi connectivity index (χ2n) is 9.75. The Kier molecular flexibility index (Phi) is 10.4. The first-order valence-electron chi connectivity index (χ1n) is 13.5. The highest BCUT2D eigenvalue weighted by Crippen LogP contribution is 2.29. The Hall–Kier alpha value is -3.78. The summed E-state index contributed by atoms with van der Waals surface area (Å²) in [5.74, 6) is -0.153. The summed E-state index contributed by atoms with van der Waals surface area (Å²) in [6.07, 6.45) is 9.01. The Morgan fingerprint density at radius 1 is 1.00 bits per heavy atom. The van der Waals surface area contributed by atoms with E-state index in [0.29, 0.717) is 23.4 Å². The van der Waals surface area contributed by atoms with Crippen LogP contribution < -0.4 is 5.32 Å². The molecule has 7 heteroatoms. The molecule has 204 valence electrons. The molecule has 1 fully saturated rings. The zero-order valence-corrected chi connectivity index (χ0v) is 22.5. The fourth-order valence-electron chi connectivity index (χ4n) is 4.98. The van der Waals surface area contributed by atoms with Crippen molar-refractivity contribution >= 4 is 12.0 Å². The number of aromatic nitrogens is 1. The van der Waals surface area contributed by atoms with Gasteiger partial charge in [-0.05, 0) is 31.0 Å². The Balaban J connectivity index is 1.19. The van der Waals surface area contributed by atoms with Gasteiger partial charge in [0.05, 0.1) is 18.3 Å². The molecule has 0 saturated carbocycles. The third-order valence-electron chi connectivity index (χ3n) is 7.12. The van der Waals surface area contributed by atoms with E-state index in [0.717, 1.165) is 39.1 Å². The number of hydrogen-bond acceptors (Lipinski definition) is 6. The van der Waals surface area contributed by atoms with Crippen LogP contribution in [0.2, 0.25) is 0 Å². The Morgan fingerprint density at radius 3 is 2.26 bits per heavy atom. The van der Waals surface area contributed by atoms with Gasteiger partial charge in [-0.1, -0.05) is 78.9 Å². The van der Waals surface area contributed by atoms with Crippen molar-refractivity contribution in [1.82, 2.24) is 20.1 Å². The van der Waals surface area contributed by atoms with Crippen molar-refractivity contribution < 1.29 is 15.0 Å². The quantitative estimate of drug-likeness (QED) is 0.198. The third kappa shape index (κ3) is 7.86. The van der Waals surface area contributed by atoms with E-state index in [9.17, 15) is 15.0 Å². The van der Waals surface area contributed by atoms with Crippen LogP contribution in [0.15, 0.2) is 85.1 Å². The van der Waals surface area contributed by atoms with Crippen LogP contribution >= 0.6 is 0 Å². The SMILES string of the molecule is Cc1ncc(/C=C/C=C/C(=O)NCCCN2CCN(C(c3ccccc3)c3ccccc3)CC2)c(CO)c1O. The maximum Gasteiger partial charge on any atom is 0.243 e. The van der Waals surface area contributed by atoms with Crippen molar-refractivity contribution in [2.45, 2.75) is 26.0 Å². The molecule has 1 saturated heterocycles. The molecule has 1 aliphatic heterocycles. The van der Waals surface area contributed by atoms with E-state index < -0.39 is 0 Å². The minimum atomic E-state index is -0.283. The lowest BCUT2D eigenvalue weighted by Gasteiger charge is -2.39. The molecule has 2 heterocycles. The zero-order valence-electron chi connectivity index (χ0n) is 22.5. The molecule has 3 aromatic rings. The molecule has 7 nitrogen and oxygen atoms in total. The second kappa shape index (κ2) is 14.4. The first-order valence-corrected chi connectivity index (χ1v) is 13.5. The maximum atomic E-state index is 12.2. The van der Waals surface area contributed by atoms with Crippen molar-refractivity contribution in [2.75, 3.05) is 39.3 Å². The monoisotopic (exact) mass is 526 g/mol. The normalized spacial score (nSPS) is 14.9. The van der Waals surface area contributed by atoms with Crippen LogP contribution in [0.3, 0.4) is 0 Å². The molecule has 0 radical (unpaired) electrons. The number of piperazine rings is 1. The van der Waals surface area contributed by atoms with Gasteiger partial charge in [0.1, 0.15) is 5.75 Å². The van der Waals surface area contributed by atoms with Crippen molar-refractivity contribution in [1.29, 1.82) is 0 Å². The number of nitrogens with zero attached hydrogens (tertiary/aromatic N) is 3. The molecule has 0 unspecified atom stereocenters. The molecule has 0 aliphatic carbocycles. The summed E-state index contributed by atoms with van der Waals surface area (Å²) < 4.78 is 0. The minimum absolute atomic E-state index is 0.00464. The molecule has 3 N–H and O–H groups in total. The molecule has 4 rings (SSSR count). The van der Waals surface area contributed by atoms with E-state index in [4.69, 9.17) is 0 Å². The minimum Gasteiger partial charge on any atom is -0.506 e. The van der Waals surface area contributed by atoms with Gasteiger partial charge in [-0.3, -0.25) is 14.7 Å². The standard InChI is InChI=1S/C32H38N4O3/c1-25-32(39)29(24-37)28(23-34-25)15-8-9-16-30(38)33-17-10-18-35-19-21-36(22-20-35)31(26-11-4-2-5-12-26)27-13-6-3-7-14-27/h2-9,11-16,23,31,37,39H,10,17-22,24H2,1H3,(H,33,38)/b15-8+,16-9+. The van der Waals surface area contributed by atoms with Crippen LogP contribution in [0.5, 0.6) is 5.75 Å². The number of carbonyl (C=O) groups is 1. The number of amides is 1. The Morgan fingerprint density at radius 2 is 1.64 bits per heavy atom. The number of aliphatic hydroxyl groups is 1. The van der Waals surface area contributed by atoms with Crippen molar-refractivity contribution in [3.63, 3.8) is 0 Å². The number of hydrogen-bond donors (Lipinski definition) is 3. The van der Waals surface area contributed by atoms with E-state index in [1.54, 1.807) is 31.3 Å². The summed E-state index contributed by atoms with van der Waals surface area (Å²) in [7, 11) is 0. The van der Waals surface area contributed by atoms with E-state index in [1.807, 2.05) is 0 Å². The van der Waals surface area contributed by atoms with Gasteiger partial charge in [0.15, 0.2) is 0 Å². The van der Waals surface area contributed by atoms with Crippen molar-refractivity contribution in [2.24, 2.45) is 0 Å². The van der Waals surface area contributed by atoms with Crippen LogP contribution in [0.25, 0.3) is 6.08 Å². The predicted octanol–water partition coefficient (Wildman–Crippen LogP) is 4.07. The number of aryl methyl sites for hydroxylation is 1. The van der Waals surface area contributed by atoms with E-state index >= 15 is 0 Å². The summed E-state index contributed by atoms with van der Waals surface area (Å²) in [4.78, 5) is 21.3. The summed E-state index contributed by atoms with van der Waals surface area (Å²) in [6, 6.07) is 21.7. The van der Waals surface area contributed by atoms with Gasteiger partial charge in [0, 0.05) is 56.1 Å². The number of nitrogens with one attached hydrogen (secondary N) is 1. The molecule has 1 aliphatic rings. The van der Waals surface area contributed by atoms with Gasteiger partial charge < -0.3 is 20.4 Å². The van der Waals surface area contributed by atoms with E-state index in [-0.39, 0.29) is 24.3 Å². The van der Waals surface area contributed by atoms with Crippen LogP contribution in [0, 0.1) is 6.92 Å². The number of benzene rings is 2. The van der Waals surface area contributed by atoms with Gasteiger partial charge in [-0.15, -0.1) is 0 Å². The molecular formula is C32H38N4O3. The number of aromatic hydroxyl groups is 1. The summed E-state index contributed by atoms with van der Waals surface area (Å²) in [6.45, 7) is 6.99. The van der Waals surface area contributed by atoms with Gasteiger partial charge in [0.2, 0.25) is 5.91 Å². The number of rotatable bonds is 11. The molecule has 2 aromatic carbocycles. The highest BCUT2D eigenvalue weighted by atomic mass is 16.3. The largest absolute Gasteiger partial charge is 0.506 e. The number of allylic oxidation sites excluding steroid dienone is 2. The average Bonchev–Trinajstić information content (AvgIpc) is 2.97. The van der Waals surface area contributed by atoms with Gasteiger partial charge in [-0.2, -0.15) is 0 Å². The van der Waals surface area contributed by atoms with Gasteiger partial charge in [0.25, 0.3) is 0 Å². The third-order valence-corrected chi connectivity index (χ3v) is 7.12. The highest BCUT2D eigenvalue weighted by Gasteiger charge is 2.26. The van der Waals surface area contributed by atoms with E-state index in [2.05, 4.69) is 80.8 Å². The highest BCUT2D eigenvalue weighted by molar-refractivity contribution is 5.87. The Labute approximate surface area is 231 Å². The van der Waals surface area contributed by atoms with E-state index in [1.165, 1.54) is 17.2 Å². The smallest absolute Gasteiger partial charge is 0.243 e. The molecule has 0 atom stereocenters. The molecule has 0 spiro atoms. The first-order chi connectivity index (χ1) is 19.1. The number of pyridine rings is 1. The molecular weight excluding hydrogens is 488 g/mol. The van der Waals surface area contributed by atoms with Crippen LogP contribution in [0.4, 0.5) is 0 Å². The topological polar surface area (TPSA) is 88.9 Å². The fourth-order valence-corrected chi connectivity index (χ4v) is 4.98. The predicted molar refractivity (Wildman–Crippen MR) is 155 cm³/mol. The second-order valence-corrected chi connectivity index (χ2v) is 9.75. The lowest BCUT2D eigenvalue weighted by atomic mass is 9.96. The van der Waals surface area contributed by atoms with Crippen LogP contribution in [0.1, 0.15) is 40.4 Å². The van der Waals surface area contributed by atoms with Gasteiger partial charge in [-0.25, -0.2) is 0 Å². The number of aliphatic hydroxyl groups excluding tert-OH is 1. The van der Waals surface area contributed by atoms with Crippen molar-refractivity contribution in [3.8, 4) is 5.75 Å². The zero-order chi connectivity index (χ0) is 27.5. The summed E-state index contributed by atoms with van der Waals surface area (Å²) in [5.41, 5.74) is 4.16. The average molecular weight is 527 g/mol. The summed E-state index contributed by atoms with van der Waals surface area (Å²) >= 11 is 0. The maximum absolute atomic E-state index is 12.2. The lowest BCUT2D eigenvalue weighted by molar-refractivity contribution is -0.116.